The van der Waals surface area contributed by atoms with Crippen LogP contribution in [0.2, 0.25) is 0 Å². The van der Waals surface area contributed by atoms with E-state index in [1.165, 1.54) is 18.6 Å². The van der Waals surface area contributed by atoms with Crippen LogP contribution in [-0.2, 0) is 7.05 Å². The van der Waals surface area contributed by atoms with Gasteiger partial charge in [0.25, 0.3) is 5.56 Å². The Morgan fingerprint density at radius 2 is 1.95 bits per heavy atom. The summed E-state index contributed by atoms with van der Waals surface area (Å²) in [6.45, 7) is 0. The summed E-state index contributed by atoms with van der Waals surface area (Å²) >= 11 is 0. The minimum absolute atomic E-state index is 0.0891. The van der Waals surface area contributed by atoms with Crippen LogP contribution in [0.1, 0.15) is 0 Å². The van der Waals surface area contributed by atoms with Crippen LogP contribution >= 0.6 is 0 Å². The number of fused-ring (bicyclic) bond motifs is 1. The fourth-order valence-electron chi connectivity index (χ4n) is 1.46. The van der Waals surface area contributed by atoms with Crippen LogP contribution in [0.4, 0.5) is 11.8 Å². The SMILES string of the molecule is Cn1cnc2nc(N)[nH]c(=O)c21.Nc1ccnc(=O)[nH]1. The second kappa shape index (κ2) is 5.22. The molecule has 10 heteroatoms. The highest BCUT2D eigenvalue weighted by atomic mass is 16.1. The number of nitrogens with zero attached hydrogens (tertiary/aromatic N) is 4. The summed E-state index contributed by atoms with van der Waals surface area (Å²) in [5.74, 6) is 0.427. The summed E-state index contributed by atoms with van der Waals surface area (Å²) in [6, 6.07) is 1.52. The molecule has 0 saturated carbocycles. The second-order valence-corrected chi connectivity index (χ2v) is 3.81. The maximum absolute atomic E-state index is 11.2. The fraction of sp³-hybridized carbons (Fsp3) is 0.100. The van der Waals surface area contributed by atoms with Crippen LogP contribution < -0.4 is 22.7 Å². The number of nitrogens with one attached hydrogen (secondary N) is 2. The zero-order valence-corrected chi connectivity index (χ0v) is 10.5. The molecule has 0 atom stereocenters. The Morgan fingerprint density at radius 3 is 2.55 bits per heavy atom. The average Bonchev–Trinajstić information content (AvgIpc) is 2.71. The summed E-state index contributed by atoms with van der Waals surface area (Å²) in [4.78, 5) is 37.2. The molecule has 3 aromatic heterocycles. The topological polar surface area (TPSA) is 161 Å². The van der Waals surface area contributed by atoms with Crippen molar-refractivity contribution in [2.24, 2.45) is 7.05 Å². The van der Waals surface area contributed by atoms with Crippen molar-refractivity contribution in [1.82, 2.24) is 29.5 Å². The van der Waals surface area contributed by atoms with E-state index in [0.29, 0.717) is 17.0 Å². The first kappa shape index (κ1) is 13.3. The number of aryl methyl sites for hydroxylation is 1. The van der Waals surface area contributed by atoms with Gasteiger partial charge in [0.2, 0.25) is 5.95 Å². The van der Waals surface area contributed by atoms with Crippen molar-refractivity contribution >= 4 is 22.9 Å². The van der Waals surface area contributed by atoms with Gasteiger partial charge >= 0.3 is 5.69 Å². The Kier molecular flexibility index (Phi) is 3.46. The molecule has 0 aromatic carbocycles. The summed E-state index contributed by atoms with van der Waals surface area (Å²) in [6.07, 6.45) is 2.88. The van der Waals surface area contributed by atoms with Gasteiger partial charge in [-0.2, -0.15) is 4.98 Å². The first-order chi connectivity index (χ1) is 9.47. The number of anilines is 2. The third kappa shape index (κ3) is 2.80. The van der Waals surface area contributed by atoms with Gasteiger partial charge < -0.3 is 16.0 Å². The number of hydrogen-bond donors (Lipinski definition) is 4. The van der Waals surface area contributed by atoms with Gasteiger partial charge in [-0.15, -0.1) is 0 Å². The molecule has 6 N–H and O–H groups in total. The largest absolute Gasteiger partial charge is 0.385 e. The second-order valence-electron chi connectivity index (χ2n) is 3.81. The van der Waals surface area contributed by atoms with Gasteiger partial charge in [-0.1, -0.05) is 0 Å². The van der Waals surface area contributed by atoms with E-state index in [4.69, 9.17) is 11.5 Å². The maximum atomic E-state index is 11.2. The number of aromatic amines is 2. The molecule has 3 rings (SSSR count). The normalized spacial score (nSPS) is 10.1. The number of aromatic nitrogens is 6. The molecular weight excluding hydrogens is 264 g/mol. The van der Waals surface area contributed by atoms with E-state index >= 15 is 0 Å². The lowest BCUT2D eigenvalue weighted by atomic mass is 10.5. The van der Waals surface area contributed by atoms with Gasteiger partial charge in [0.15, 0.2) is 11.2 Å². The van der Waals surface area contributed by atoms with Crippen molar-refractivity contribution in [2.75, 3.05) is 11.5 Å². The lowest BCUT2D eigenvalue weighted by Gasteiger charge is -1.93. The molecule has 3 aromatic rings. The van der Waals surface area contributed by atoms with E-state index in [-0.39, 0.29) is 11.5 Å². The van der Waals surface area contributed by atoms with E-state index in [1.807, 2.05) is 0 Å². The fourth-order valence-corrected chi connectivity index (χ4v) is 1.46. The van der Waals surface area contributed by atoms with E-state index in [0.717, 1.165) is 0 Å². The summed E-state index contributed by atoms with van der Waals surface area (Å²) < 4.78 is 1.60. The van der Waals surface area contributed by atoms with Gasteiger partial charge in [0.1, 0.15) is 5.82 Å². The van der Waals surface area contributed by atoms with Gasteiger partial charge in [-0.3, -0.25) is 14.8 Å². The molecule has 0 unspecified atom stereocenters. The Balaban J connectivity index is 0.000000160. The molecule has 0 spiro atoms. The van der Waals surface area contributed by atoms with Crippen LogP contribution in [0.25, 0.3) is 11.2 Å². The summed E-state index contributed by atoms with van der Waals surface area (Å²) in [5, 5.41) is 0. The molecule has 3 heterocycles. The minimum Gasteiger partial charge on any atom is -0.385 e. The Hall–Kier alpha value is -3.17. The van der Waals surface area contributed by atoms with Crippen LogP contribution in [0.15, 0.2) is 28.2 Å². The van der Waals surface area contributed by atoms with Crippen molar-refractivity contribution in [2.45, 2.75) is 0 Å². The number of nitrogens with two attached hydrogens (primary N) is 2. The lowest BCUT2D eigenvalue weighted by Crippen LogP contribution is -2.13. The summed E-state index contributed by atoms with van der Waals surface area (Å²) in [5.41, 5.74) is 10.6. The van der Waals surface area contributed by atoms with Crippen LogP contribution in [0, 0.1) is 0 Å². The molecule has 10 nitrogen and oxygen atoms in total. The third-order valence-electron chi connectivity index (χ3n) is 2.30. The van der Waals surface area contributed by atoms with Crippen LogP contribution in [0.5, 0.6) is 0 Å². The molecule has 0 bridgehead atoms. The van der Waals surface area contributed by atoms with Crippen molar-refractivity contribution in [3.8, 4) is 0 Å². The number of hydrogen-bond acceptors (Lipinski definition) is 7. The molecule has 0 fully saturated rings. The number of rotatable bonds is 0. The number of nitrogen functional groups attached to an aromatic ring is 2. The van der Waals surface area contributed by atoms with Crippen LogP contribution in [-0.4, -0.2) is 29.5 Å². The molecule has 0 aliphatic carbocycles. The highest BCUT2D eigenvalue weighted by Gasteiger charge is 2.05. The zero-order valence-electron chi connectivity index (χ0n) is 10.5. The van der Waals surface area contributed by atoms with E-state index < -0.39 is 5.69 Å². The molecule has 0 aliphatic heterocycles. The highest BCUT2D eigenvalue weighted by molar-refractivity contribution is 5.70. The number of H-pyrrole nitrogens is 2. The standard InChI is InChI=1S/C6H7N5O.C4H5N3O/c1-11-2-8-4-3(11)5(12)10-6(7)9-4;5-3-1-2-6-4(8)7-3/h2H,1H3,(H3,7,9,10,12);1-2H,(H3,5,6,7,8). The molecule has 104 valence electrons. The third-order valence-corrected chi connectivity index (χ3v) is 2.30. The Morgan fingerprint density at radius 1 is 1.20 bits per heavy atom. The lowest BCUT2D eigenvalue weighted by molar-refractivity contribution is 0.939. The molecule has 0 aliphatic rings. The monoisotopic (exact) mass is 276 g/mol. The smallest absolute Gasteiger partial charge is 0.346 e. The Bertz CT molecular complexity index is 846. The van der Waals surface area contributed by atoms with E-state index in [1.54, 1.807) is 11.6 Å². The van der Waals surface area contributed by atoms with Gasteiger partial charge in [-0.05, 0) is 6.07 Å². The summed E-state index contributed by atoms with van der Waals surface area (Å²) in [7, 11) is 1.72. The van der Waals surface area contributed by atoms with Crippen molar-refractivity contribution in [3.63, 3.8) is 0 Å². The van der Waals surface area contributed by atoms with Crippen molar-refractivity contribution in [3.05, 3.63) is 39.4 Å². The highest BCUT2D eigenvalue weighted by Crippen LogP contribution is 2.02. The predicted molar refractivity (Wildman–Crippen MR) is 72.8 cm³/mol. The van der Waals surface area contributed by atoms with E-state index in [2.05, 4.69) is 24.9 Å². The first-order valence-corrected chi connectivity index (χ1v) is 5.45. The number of imidazole rings is 1. The maximum Gasteiger partial charge on any atom is 0.346 e. The zero-order chi connectivity index (χ0) is 14.7. The average molecular weight is 276 g/mol. The molecule has 0 saturated heterocycles. The predicted octanol–water partition coefficient (Wildman–Crippen LogP) is -1.41. The van der Waals surface area contributed by atoms with Crippen molar-refractivity contribution < 1.29 is 0 Å². The van der Waals surface area contributed by atoms with Gasteiger partial charge in [0.05, 0.1) is 6.33 Å². The quantitative estimate of drug-likeness (QED) is 0.392. The van der Waals surface area contributed by atoms with Crippen molar-refractivity contribution in [1.29, 1.82) is 0 Å². The molecular formula is C10H12N8O2. The van der Waals surface area contributed by atoms with Gasteiger partial charge in [0, 0.05) is 13.2 Å². The molecule has 20 heavy (non-hydrogen) atoms. The molecule has 0 radical (unpaired) electrons. The van der Waals surface area contributed by atoms with Crippen LogP contribution in [0.3, 0.4) is 0 Å². The molecule has 0 amide bonds. The first-order valence-electron chi connectivity index (χ1n) is 5.45. The minimum atomic E-state index is -0.412. The Labute approximate surface area is 111 Å². The van der Waals surface area contributed by atoms with E-state index in [9.17, 15) is 9.59 Å². The van der Waals surface area contributed by atoms with Gasteiger partial charge in [-0.25, -0.2) is 14.8 Å².